The number of halogens is 1. The molecule has 0 N–H and O–H groups in total. The molecule has 0 spiro atoms. The monoisotopic (exact) mass is 320 g/mol. The molecule has 0 atom stereocenters. The SMILES string of the molecule is O=Cc1ccccc1OCCOc1cccc(Br)c1. The zero-order chi connectivity index (χ0) is 13.5. The Kier molecular flexibility index (Phi) is 4.98. The number of benzene rings is 2. The van der Waals surface area contributed by atoms with Gasteiger partial charge in [-0.05, 0) is 30.3 Å². The Bertz CT molecular complexity index is 555. The molecule has 0 aromatic heterocycles. The average Bonchev–Trinajstić information content (AvgIpc) is 2.44. The molecule has 2 aromatic carbocycles. The van der Waals surface area contributed by atoms with Gasteiger partial charge >= 0.3 is 0 Å². The van der Waals surface area contributed by atoms with Crippen LogP contribution in [-0.2, 0) is 0 Å². The lowest BCUT2D eigenvalue weighted by Crippen LogP contribution is -2.09. The molecule has 0 aliphatic carbocycles. The molecule has 98 valence electrons. The predicted molar refractivity (Wildman–Crippen MR) is 77.0 cm³/mol. The first-order valence-corrected chi connectivity index (χ1v) is 6.64. The number of hydrogen-bond donors (Lipinski definition) is 0. The van der Waals surface area contributed by atoms with E-state index in [4.69, 9.17) is 9.47 Å². The summed E-state index contributed by atoms with van der Waals surface area (Å²) in [5.41, 5.74) is 0.546. The van der Waals surface area contributed by atoms with Crippen molar-refractivity contribution >= 4 is 22.2 Å². The minimum absolute atomic E-state index is 0.386. The van der Waals surface area contributed by atoms with Crippen molar-refractivity contribution in [2.45, 2.75) is 0 Å². The molecule has 0 saturated carbocycles. The van der Waals surface area contributed by atoms with Gasteiger partial charge < -0.3 is 9.47 Å². The number of para-hydroxylation sites is 1. The largest absolute Gasteiger partial charge is 0.490 e. The molecule has 0 unspecified atom stereocenters. The lowest BCUT2D eigenvalue weighted by molar-refractivity contribution is 0.111. The van der Waals surface area contributed by atoms with Crippen LogP contribution in [0.25, 0.3) is 0 Å². The zero-order valence-electron chi connectivity index (χ0n) is 10.2. The Labute approximate surface area is 120 Å². The van der Waals surface area contributed by atoms with Crippen molar-refractivity contribution in [3.05, 3.63) is 58.6 Å². The van der Waals surface area contributed by atoms with Gasteiger partial charge in [-0.1, -0.05) is 34.1 Å². The number of ether oxygens (including phenoxy) is 2. The molecular formula is C15H13BrO3. The maximum atomic E-state index is 10.8. The molecule has 4 heteroatoms. The smallest absolute Gasteiger partial charge is 0.153 e. The Balaban J connectivity index is 1.82. The first-order valence-electron chi connectivity index (χ1n) is 5.85. The van der Waals surface area contributed by atoms with Crippen LogP contribution >= 0.6 is 15.9 Å². The van der Waals surface area contributed by atoms with E-state index in [2.05, 4.69) is 15.9 Å². The Morgan fingerprint density at radius 2 is 1.79 bits per heavy atom. The standard InChI is InChI=1S/C15H13BrO3/c16-13-5-3-6-14(10-13)18-8-9-19-15-7-2-1-4-12(15)11-17/h1-7,10-11H,8-9H2. The van der Waals surface area contributed by atoms with Crippen LogP contribution in [0, 0.1) is 0 Å². The molecule has 3 nitrogen and oxygen atoms in total. The van der Waals surface area contributed by atoms with E-state index in [0.29, 0.717) is 24.5 Å². The number of rotatable bonds is 6. The van der Waals surface area contributed by atoms with Crippen LogP contribution in [0.5, 0.6) is 11.5 Å². The molecule has 0 aliphatic rings. The normalized spacial score (nSPS) is 9.95. The second-order valence-electron chi connectivity index (χ2n) is 3.81. The van der Waals surface area contributed by atoms with Crippen LogP contribution in [-0.4, -0.2) is 19.5 Å². The van der Waals surface area contributed by atoms with E-state index in [9.17, 15) is 4.79 Å². The zero-order valence-corrected chi connectivity index (χ0v) is 11.8. The molecule has 0 radical (unpaired) electrons. The van der Waals surface area contributed by atoms with E-state index < -0.39 is 0 Å². The topological polar surface area (TPSA) is 35.5 Å². The average molecular weight is 321 g/mol. The van der Waals surface area contributed by atoms with E-state index in [0.717, 1.165) is 16.5 Å². The third kappa shape index (κ3) is 4.10. The fraction of sp³-hybridized carbons (Fsp3) is 0.133. The van der Waals surface area contributed by atoms with Gasteiger partial charge in [-0.2, -0.15) is 0 Å². The van der Waals surface area contributed by atoms with Crippen LogP contribution in [0.3, 0.4) is 0 Å². The summed E-state index contributed by atoms with van der Waals surface area (Å²) in [7, 11) is 0. The molecule has 0 amide bonds. The van der Waals surface area contributed by atoms with Crippen LogP contribution in [0.15, 0.2) is 53.0 Å². The second kappa shape index (κ2) is 6.95. The van der Waals surface area contributed by atoms with Crippen molar-refractivity contribution in [1.82, 2.24) is 0 Å². The first kappa shape index (κ1) is 13.6. The maximum absolute atomic E-state index is 10.8. The van der Waals surface area contributed by atoms with E-state index >= 15 is 0 Å². The van der Waals surface area contributed by atoms with Crippen LogP contribution in [0.4, 0.5) is 0 Å². The summed E-state index contributed by atoms with van der Waals surface area (Å²) in [5.74, 6) is 1.36. The highest BCUT2D eigenvalue weighted by atomic mass is 79.9. The molecule has 0 heterocycles. The molecule has 0 fully saturated rings. The van der Waals surface area contributed by atoms with Gasteiger partial charge in [0.15, 0.2) is 6.29 Å². The van der Waals surface area contributed by atoms with Gasteiger partial charge in [-0.3, -0.25) is 4.79 Å². The molecule has 19 heavy (non-hydrogen) atoms. The minimum Gasteiger partial charge on any atom is -0.490 e. The van der Waals surface area contributed by atoms with Crippen molar-refractivity contribution in [3.8, 4) is 11.5 Å². The van der Waals surface area contributed by atoms with Crippen molar-refractivity contribution in [1.29, 1.82) is 0 Å². The van der Waals surface area contributed by atoms with E-state index in [-0.39, 0.29) is 0 Å². The second-order valence-corrected chi connectivity index (χ2v) is 4.73. The fourth-order valence-electron chi connectivity index (χ4n) is 1.58. The number of hydrogen-bond acceptors (Lipinski definition) is 3. The summed E-state index contributed by atoms with van der Waals surface area (Å²) in [6.07, 6.45) is 0.782. The third-order valence-electron chi connectivity index (χ3n) is 2.45. The van der Waals surface area contributed by atoms with Crippen LogP contribution in [0.1, 0.15) is 10.4 Å². The van der Waals surface area contributed by atoms with Crippen molar-refractivity contribution in [3.63, 3.8) is 0 Å². The summed E-state index contributed by atoms with van der Waals surface area (Å²) in [6.45, 7) is 0.807. The van der Waals surface area contributed by atoms with Gasteiger partial charge in [0.05, 0.1) is 5.56 Å². The van der Waals surface area contributed by atoms with E-state index in [1.165, 1.54) is 0 Å². The van der Waals surface area contributed by atoms with Crippen molar-refractivity contribution < 1.29 is 14.3 Å². The fourth-order valence-corrected chi connectivity index (χ4v) is 1.96. The maximum Gasteiger partial charge on any atom is 0.153 e. The lowest BCUT2D eigenvalue weighted by Gasteiger charge is -2.09. The van der Waals surface area contributed by atoms with Crippen molar-refractivity contribution in [2.24, 2.45) is 0 Å². The molecule has 2 rings (SSSR count). The Hall–Kier alpha value is -1.81. The number of carbonyl (C=O) groups excluding carboxylic acids is 1. The van der Waals surface area contributed by atoms with Gasteiger partial charge in [0.2, 0.25) is 0 Å². The van der Waals surface area contributed by atoms with Crippen LogP contribution < -0.4 is 9.47 Å². The number of carbonyl (C=O) groups is 1. The van der Waals surface area contributed by atoms with Gasteiger partial charge in [-0.15, -0.1) is 0 Å². The molecule has 0 bridgehead atoms. The summed E-state index contributed by atoms with van der Waals surface area (Å²) in [4.78, 5) is 10.8. The van der Waals surface area contributed by atoms with Gasteiger partial charge in [0.25, 0.3) is 0 Å². The molecule has 2 aromatic rings. The summed E-state index contributed by atoms with van der Waals surface area (Å²) >= 11 is 3.38. The summed E-state index contributed by atoms with van der Waals surface area (Å²) in [5, 5.41) is 0. The third-order valence-corrected chi connectivity index (χ3v) is 2.94. The quantitative estimate of drug-likeness (QED) is 0.601. The van der Waals surface area contributed by atoms with Gasteiger partial charge in [0, 0.05) is 4.47 Å². The predicted octanol–water partition coefficient (Wildman–Crippen LogP) is 3.72. The van der Waals surface area contributed by atoms with E-state index in [1.807, 2.05) is 30.3 Å². The lowest BCUT2D eigenvalue weighted by atomic mass is 10.2. The first-order chi connectivity index (χ1) is 9.29. The Morgan fingerprint density at radius 1 is 1.00 bits per heavy atom. The molecule has 0 saturated heterocycles. The highest BCUT2D eigenvalue weighted by Gasteiger charge is 2.01. The number of aldehydes is 1. The molecule has 0 aliphatic heterocycles. The highest BCUT2D eigenvalue weighted by molar-refractivity contribution is 9.10. The summed E-state index contributed by atoms with van der Waals surface area (Å²) in [6, 6.07) is 14.7. The van der Waals surface area contributed by atoms with Gasteiger partial charge in [0.1, 0.15) is 24.7 Å². The van der Waals surface area contributed by atoms with Gasteiger partial charge in [-0.25, -0.2) is 0 Å². The molecular weight excluding hydrogens is 308 g/mol. The van der Waals surface area contributed by atoms with Crippen LogP contribution in [0.2, 0.25) is 0 Å². The van der Waals surface area contributed by atoms with Crippen molar-refractivity contribution in [2.75, 3.05) is 13.2 Å². The van der Waals surface area contributed by atoms with E-state index in [1.54, 1.807) is 18.2 Å². The highest BCUT2D eigenvalue weighted by Crippen LogP contribution is 2.18. The Morgan fingerprint density at radius 3 is 2.58 bits per heavy atom. The summed E-state index contributed by atoms with van der Waals surface area (Å²) < 4.78 is 12.0. The minimum atomic E-state index is 0.386.